The fourth-order valence-electron chi connectivity index (χ4n) is 4.18. The van der Waals surface area contributed by atoms with Crippen LogP contribution in [0.4, 0.5) is 5.69 Å². The molecule has 4 rings (SSSR count). The molecule has 1 aliphatic heterocycles. The molecule has 1 aromatic carbocycles. The Balaban J connectivity index is 1.72. The lowest BCUT2D eigenvalue weighted by molar-refractivity contribution is -0.112. The van der Waals surface area contributed by atoms with Gasteiger partial charge in [0.1, 0.15) is 6.29 Å². The van der Waals surface area contributed by atoms with Crippen LogP contribution in [0.2, 0.25) is 0 Å². The number of hydrogen-bond acceptors (Lipinski definition) is 4. The first-order valence-electron chi connectivity index (χ1n) is 9.85. The zero-order valence-electron chi connectivity index (χ0n) is 16.3. The van der Waals surface area contributed by atoms with Crippen molar-refractivity contribution in [3.8, 4) is 0 Å². The average molecular weight is 400 g/mol. The van der Waals surface area contributed by atoms with E-state index in [-0.39, 0.29) is 5.92 Å². The third kappa shape index (κ3) is 3.74. The molecule has 5 nitrogen and oxygen atoms in total. The van der Waals surface area contributed by atoms with Crippen molar-refractivity contribution in [3.05, 3.63) is 47.3 Å². The number of nitrogens with zero attached hydrogens (tertiary/aromatic N) is 3. The Morgan fingerprint density at radius 3 is 2.64 bits per heavy atom. The summed E-state index contributed by atoms with van der Waals surface area (Å²) in [6, 6.07) is 4.39. The molecule has 2 aromatic rings. The average Bonchev–Trinajstić information content (AvgIpc) is 3.09. The summed E-state index contributed by atoms with van der Waals surface area (Å²) < 4.78 is 2.04. The lowest BCUT2D eigenvalue weighted by atomic mass is 9.87. The van der Waals surface area contributed by atoms with Gasteiger partial charge in [0.2, 0.25) is 0 Å². The number of halogens is 1. The molecule has 28 heavy (non-hydrogen) atoms. The van der Waals surface area contributed by atoms with Gasteiger partial charge in [-0.05, 0) is 63.8 Å². The first-order chi connectivity index (χ1) is 13.3. The molecule has 1 N–H and O–H groups in total. The minimum atomic E-state index is -1.00. The second-order valence-corrected chi connectivity index (χ2v) is 8.87. The van der Waals surface area contributed by atoms with Gasteiger partial charge in [0, 0.05) is 40.0 Å². The monoisotopic (exact) mass is 399 g/mol. The van der Waals surface area contributed by atoms with E-state index in [0.29, 0.717) is 12.6 Å². The summed E-state index contributed by atoms with van der Waals surface area (Å²) in [7, 11) is 0. The molecule has 1 aromatic heterocycles. The highest BCUT2D eigenvalue weighted by molar-refractivity contribution is 6.30. The molecule has 1 fully saturated rings. The molecule has 1 saturated carbocycles. The van der Waals surface area contributed by atoms with Gasteiger partial charge in [-0.1, -0.05) is 11.6 Å². The zero-order chi connectivity index (χ0) is 19.9. The maximum Gasteiger partial charge on any atom is 0.123 e. The molecule has 2 aliphatic rings. The van der Waals surface area contributed by atoms with Gasteiger partial charge in [-0.2, -0.15) is 5.10 Å². The molecule has 0 saturated heterocycles. The van der Waals surface area contributed by atoms with Crippen LogP contribution in [0.1, 0.15) is 51.1 Å². The number of aldehydes is 1. The molecule has 1 aliphatic carbocycles. The van der Waals surface area contributed by atoms with E-state index in [1.807, 2.05) is 29.1 Å². The van der Waals surface area contributed by atoms with Crippen LogP contribution in [0.25, 0.3) is 10.9 Å². The second-order valence-electron chi connectivity index (χ2n) is 8.38. The topological polar surface area (TPSA) is 58.4 Å². The summed E-state index contributed by atoms with van der Waals surface area (Å²) in [6.45, 7) is 4.16. The number of allylic oxidation sites excluding steroid dienone is 2. The van der Waals surface area contributed by atoms with Crippen LogP contribution in [0, 0.1) is 5.92 Å². The summed E-state index contributed by atoms with van der Waals surface area (Å²) in [5.74, 6) is 0.193. The summed E-state index contributed by atoms with van der Waals surface area (Å²) >= 11 is 6.24. The van der Waals surface area contributed by atoms with Crippen LogP contribution in [0.5, 0.6) is 0 Å². The highest BCUT2D eigenvalue weighted by Gasteiger charge is 2.26. The molecule has 148 valence electrons. The number of aliphatic hydroxyl groups is 1. The van der Waals surface area contributed by atoms with Gasteiger partial charge in [-0.25, -0.2) is 0 Å². The van der Waals surface area contributed by atoms with Gasteiger partial charge in [0.25, 0.3) is 0 Å². The molecule has 0 unspecified atom stereocenters. The standard InChI is InChI=1S/C22H26ClN3O2/c1-22(2,28)19-11-20-16(10-21(19)25-9-3-4-17(23)13-25)12-26(24-20)18-7-5-15(14-27)6-8-18/h3-4,9-12,14-15,18,28H,5-8,13H2,1-2H3. The Hall–Kier alpha value is -2.11. The van der Waals surface area contributed by atoms with Gasteiger partial charge in [0.05, 0.1) is 23.7 Å². The maximum atomic E-state index is 11.0. The third-order valence-electron chi connectivity index (χ3n) is 5.78. The van der Waals surface area contributed by atoms with Crippen molar-refractivity contribution in [1.29, 1.82) is 0 Å². The molecule has 0 spiro atoms. The van der Waals surface area contributed by atoms with Crippen LogP contribution in [-0.4, -0.2) is 27.7 Å². The Labute approximate surface area is 170 Å². The number of fused-ring (bicyclic) bond motifs is 1. The second kappa shape index (κ2) is 7.37. The van der Waals surface area contributed by atoms with E-state index in [9.17, 15) is 9.90 Å². The number of carbonyl (C=O) groups excluding carboxylic acids is 1. The first-order valence-corrected chi connectivity index (χ1v) is 10.2. The minimum absolute atomic E-state index is 0.193. The number of aromatic nitrogens is 2. The molecular weight excluding hydrogens is 374 g/mol. The molecule has 0 radical (unpaired) electrons. The SMILES string of the molecule is CC(C)(O)c1cc2nn(C3CCC(C=O)CC3)cc2cc1N1C=CC=C(Cl)C1. The first kappa shape index (κ1) is 19.2. The van der Waals surface area contributed by atoms with Gasteiger partial charge >= 0.3 is 0 Å². The number of benzene rings is 1. The largest absolute Gasteiger partial charge is 0.386 e. The third-order valence-corrected chi connectivity index (χ3v) is 6.03. The fourth-order valence-corrected chi connectivity index (χ4v) is 4.38. The normalized spacial score (nSPS) is 23.1. The van der Waals surface area contributed by atoms with E-state index in [2.05, 4.69) is 17.2 Å². The molecule has 0 bridgehead atoms. The van der Waals surface area contributed by atoms with E-state index in [0.717, 1.165) is 59.2 Å². The molecule has 6 heteroatoms. The van der Waals surface area contributed by atoms with Crippen molar-refractivity contribution < 1.29 is 9.90 Å². The van der Waals surface area contributed by atoms with Crippen molar-refractivity contribution in [2.75, 3.05) is 11.4 Å². The predicted molar refractivity (Wildman–Crippen MR) is 112 cm³/mol. The van der Waals surface area contributed by atoms with Gasteiger partial charge in [0.15, 0.2) is 0 Å². The Bertz CT molecular complexity index is 947. The van der Waals surface area contributed by atoms with Crippen LogP contribution < -0.4 is 4.90 Å². The van der Waals surface area contributed by atoms with E-state index in [4.69, 9.17) is 16.7 Å². The van der Waals surface area contributed by atoms with Crippen LogP contribution in [0.3, 0.4) is 0 Å². The number of rotatable bonds is 4. The highest BCUT2D eigenvalue weighted by atomic mass is 35.5. The number of anilines is 1. The summed E-state index contributed by atoms with van der Waals surface area (Å²) in [5, 5.41) is 17.4. The molecular formula is C22H26ClN3O2. The van der Waals surface area contributed by atoms with Gasteiger partial charge in [-0.15, -0.1) is 0 Å². The Kier molecular flexibility index (Phi) is 5.06. The van der Waals surface area contributed by atoms with E-state index in [1.165, 1.54) is 0 Å². The van der Waals surface area contributed by atoms with Crippen LogP contribution >= 0.6 is 11.6 Å². The van der Waals surface area contributed by atoms with Crippen molar-refractivity contribution >= 4 is 34.5 Å². The molecule has 0 atom stereocenters. The zero-order valence-corrected chi connectivity index (χ0v) is 17.1. The minimum Gasteiger partial charge on any atom is -0.386 e. The van der Waals surface area contributed by atoms with Crippen LogP contribution in [-0.2, 0) is 10.4 Å². The smallest absolute Gasteiger partial charge is 0.123 e. The van der Waals surface area contributed by atoms with Crippen molar-refractivity contribution in [3.63, 3.8) is 0 Å². The highest BCUT2D eigenvalue weighted by Crippen LogP contribution is 2.37. The molecule has 2 heterocycles. The van der Waals surface area contributed by atoms with Gasteiger partial charge < -0.3 is 14.8 Å². The Morgan fingerprint density at radius 1 is 1.25 bits per heavy atom. The van der Waals surface area contributed by atoms with Crippen LogP contribution in [0.15, 0.2) is 41.7 Å². The lowest BCUT2D eigenvalue weighted by Gasteiger charge is -2.29. The summed E-state index contributed by atoms with van der Waals surface area (Å²) in [6.07, 6.45) is 12.7. The van der Waals surface area contributed by atoms with Crippen molar-refractivity contribution in [1.82, 2.24) is 9.78 Å². The lowest BCUT2D eigenvalue weighted by Crippen LogP contribution is -2.25. The molecule has 0 amide bonds. The summed E-state index contributed by atoms with van der Waals surface area (Å²) in [4.78, 5) is 13.1. The van der Waals surface area contributed by atoms with E-state index in [1.54, 1.807) is 13.8 Å². The number of hydrogen-bond donors (Lipinski definition) is 1. The van der Waals surface area contributed by atoms with E-state index < -0.39 is 5.60 Å². The summed E-state index contributed by atoms with van der Waals surface area (Å²) in [5.41, 5.74) is 1.63. The van der Waals surface area contributed by atoms with E-state index >= 15 is 0 Å². The predicted octanol–water partition coefficient (Wildman–Crippen LogP) is 4.65. The van der Waals surface area contributed by atoms with Gasteiger partial charge in [-0.3, -0.25) is 4.68 Å². The Morgan fingerprint density at radius 2 is 2.00 bits per heavy atom. The fraction of sp³-hybridized carbons (Fsp3) is 0.455. The maximum absolute atomic E-state index is 11.0. The van der Waals surface area contributed by atoms with Crippen molar-refractivity contribution in [2.45, 2.75) is 51.2 Å². The quantitative estimate of drug-likeness (QED) is 0.760. The van der Waals surface area contributed by atoms with Crippen molar-refractivity contribution in [2.24, 2.45) is 5.92 Å². The number of carbonyl (C=O) groups is 1.